The summed E-state index contributed by atoms with van der Waals surface area (Å²) in [6, 6.07) is 3.39. The topological polar surface area (TPSA) is 33.2 Å². The molecule has 1 aromatic heterocycles. The lowest BCUT2D eigenvalue weighted by Gasteiger charge is -2.31. The molecule has 3 nitrogen and oxygen atoms in total. The number of carbonyl (C=O) groups excluding carboxylic acids is 1. The van der Waals surface area contributed by atoms with Gasteiger partial charge in [0.2, 0.25) is 0 Å². The van der Waals surface area contributed by atoms with Crippen LogP contribution >= 0.6 is 27.5 Å². The van der Waals surface area contributed by atoms with Crippen molar-refractivity contribution in [2.75, 3.05) is 18.4 Å². The number of piperidine rings is 1. The minimum Gasteiger partial charge on any atom is -0.337 e. The van der Waals surface area contributed by atoms with Gasteiger partial charge in [0.1, 0.15) is 5.69 Å². The Balaban J connectivity index is 2.06. The Kier molecular flexibility index (Phi) is 4.40. The van der Waals surface area contributed by atoms with Crippen molar-refractivity contribution >= 4 is 33.4 Å². The lowest BCUT2D eigenvalue weighted by atomic mass is 10.00. The van der Waals surface area contributed by atoms with Gasteiger partial charge in [-0.15, -0.1) is 0 Å². The Morgan fingerprint density at radius 3 is 3.06 bits per heavy atom. The third kappa shape index (κ3) is 3.19. The second kappa shape index (κ2) is 5.83. The third-order valence-corrected chi connectivity index (χ3v) is 4.11. The molecule has 2 heterocycles. The number of aromatic nitrogens is 1. The number of alkyl halides is 1. The van der Waals surface area contributed by atoms with Gasteiger partial charge in [-0.05, 0) is 30.9 Å². The number of carbonyl (C=O) groups is 1. The second-order valence-electron chi connectivity index (χ2n) is 4.28. The summed E-state index contributed by atoms with van der Waals surface area (Å²) in [4.78, 5) is 18.1. The molecule has 1 unspecified atom stereocenters. The zero-order valence-corrected chi connectivity index (χ0v) is 11.7. The highest BCUT2D eigenvalue weighted by Gasteiger charge is 2.24. The predicted molar refractivity (Wildman–Crippen MR) is 71.7 cm³/mol. The predicted octanol–water partition coefficient (Wildman–Crippen LogP) is 2.98. The van der Waals surface area contributed by atoms with Crippen molar-refractivity contribution in [2.24, 2.45) is 5.92 Å². The molecule has 17 heavy (non-hydrogen) atoms. The molecule has 1 atom stereocenters. The van der Waals surface area contributed by atoms with Crippen LogP contribution in [0.5, 0.6) is 0 Å². The molecular weight excluding hydrogens is 304 g/mol. The Morgan fingerprint density at radius 1 is 1.59 bits per heavy atom. The van der Waals surface area contributed by atoms with Gasteiger partial charge in [0.25, 0.3) is 5.91 Å². The molecule has 5 heteroatoms. The van der Waals surface area contributed by atoms with E-state index in [1.54, 1.807) is 12.1 Å². The van der Waals surface area contributed by atoms with Crippen molar-refractivity contribution in [1.29, 1.82) is 0 Å². The van der Waals surface area contributed by atoms with Crippen LogP contribution in [0.3, 0.4) is 0 Å². The van der Waals surface area contributed by atoms with E-state index in [0.717, 1.165) is 24.8 Å². The summed E-state index contributed by atoms with van der Waals surface area (Å²) in [5, 5.41) is 1.50. The standard InChI is InChI=1S/C12H14BrClN2O/c13-6-9-2-1-5-16(8-9)12(17)11-4-3-10(14)7-15-11/h3-4,7,9H,1-2,5-6,8H2. The number of pyridine rings is 1. The summed E-state index contributed by atoms with van der Waals surface area (Å²) >= 11 is 9.24. The smallest absolute Gasteiger partial charge is 0.272 e. The van der Waals surface area contributed by atoms with Crippen LogP contribution < -0.4 is 0 Å². The van der Waals surface area contributed by atoms with Gasteiger partial charge in [-0.2, -0.15) is 0 Å². The summed E-state index contributed by atoms with van der Waals surface area (Å²) in [7, 11) is 0. The maximum atomic E-state index is 12.2. The largest absolute Gasteiger partial charge is 0.337 e. The van der Waals surface area contributed by atoms with Crippen molar-refractivity contribution in [1.82, 2.24) is 9.88 Å². The van der Waals surface area contributed by atoms with E-state index in [0.29, 0.717) is 16.6 Å². The molecule has 1 amide bonds. The Labute approximate surface area is 114 Å². The molecule has 0 spiro atoms. The average molecular weight is 318 g/mol. The SMILES string of the molecule is O=C(c1ccc(Cl)cn1)N1CCCC(CBr)C1. The first-order chi connectivity index (χ1) is 8.20. The van der Waals surface area contributed by atoms with E-state index in [2.05, 4.69) is 20.9 Å². The number of hydrogen-bond acceptors (Lipinski definition) is 2. The van der Waals surface area contributed by atoms with Gasteiger partial charge in [-0.1, -0.05) is 27.5 Å². The fourth-order valence-corrected chi connectivity index (χ4v) is 2.68. The second-order valence-corrected chi connectivity index (χ2v) is 5.36. The van der Waals surface area contributed by atoms with Gasteiger partial charge in [0, 0.05) is 24.6 Å². The molecule has 0 aliphatic carbocycles. The van der Waals surface area contributed by atoms with Crippen molar-refractivity contribution in [3.8, 4) is 0 Å². The number of hydrogen-bond donors (Lipinski definition) is 0. The van der Waals surface area contributed by atoms with Crippen LogP contribution in [0.1, 0.15) is 23.3 Å². The van der Waals surface area contributed by atoms with Crippen LogP contribution in [-0.4, -0.2) is 34.2 Å². The van der Waals surface area contributed by atoms with E-state index in [9.17, 15) is 4.79 Å². The fourth-order valence-electron chi connectivity index (χ4n) is 2.04. The highest BCUT2D eigenvalue weighted by atomic mass is 79.9. The molecule has 1 aromatic rings. The minimum absolute atomic E-state index is 0.00677. The molecule has 1 aliphatic rings. The van der Waals surface area contributed by atoms with Crippen LogP contribution in [0.15, 0.2) is 18.3 Å². The third-order valence-electron chi connectivity index (χ3n) is 2.97. The lowest BCUT2D eigenvalue weighted by molar-refractivity contribution is 0.0680. The summed E-state index contributed by atoms with van der Waals surface area (Å²) in [6.45, 7) is 1.64. The van der Waals surface area contributed by atoms with Crippen LogP contribution in [0.25, 0.3) is 0 Å². The minimum atomic E-state index is 0.00677. The van der Waals surface area contributed by atoms with Gasteiger partial charge in [0.15, 0.2) is 0 Å². The molecule has 0 N–H and O–H groups in total. The summed E-state index contributed by atoms with van der Waals surface area (Å²) in [6.07, 6.45) is 3.76. The molecule has 2 rings (SSSR count). The van der Waals surface area contributed by atoms with Crippen LogP contribution in [0.4, 0.5) is 0 Å². The van der Waals surface area contributed by atoms with E-state index < -0.39 is 0 Å². The van der Waals surface area contributed by atoms with Gasteiger partial charge < -0.3 is 4.90 Å². The first-order valence-electron chi connectivity index (χ1n) is 5.67. The Bertz CT molecular complexity index is 396. The van der Waals surface area contributed by atoms with Gasteiger partial charge in [-0.3, -0.25) is 4.79 Å². The van der Waals surface area contributed by atoms with Crippen molar-refractivity contribution < 1.29 is 4.79 Å². The first-order valence-corrected chi connectivity index (χ1v) is 7.17. The molecule has 92 valence electrons. The number of likely N-dealkylation sites (tertiary alicyclic amines) is 1. The number of rotatable bonds is 2. The van der Waals surface area contributed by atoms with Gasteiger partial charge in [0.05, 0.1) is 5.02 Å². The van der Waals surface area contributed by atoms with E-state index in [4.69, 9.17) is 11.6 Å². The van der Waals surface area contributed by atoms with Crippen LogP contribution in [-0.2, 0) is 0 Å². The van der Waals surface area contributed by atoms with E-state index in [1.807, 2.05) is 4.90 Å². The summed E-state index contributed by atoms with van der Waals surface area (Å²) < 4.78 is 0. The maximum Gasteiger partial charge on any atom is 0.272 e. The maximum absolute atomic E-state index is 12.2. The summed E-state index contributed by atoms with van der Waals surface area (Å²) in [5.74, 6) is 0.562. The number of amides is 1. The van der Waals surface area contributed by atoms with Crippen molar-refractivity contribution in [3.63, 3.8) is 0 Å². The molecule has 1 aliphatic heterocycles. The lowest BCUT2D eigenvalue weighted by Crippen LogP contribution is -2.40. The first kappa shape index (κ1) is 12.8. The van der Waals surface area contributed by atoms with Gasteiger partial charge >= 0.3 is 0 Å². The van der Waals surface area contributed by atoms with Crippen LogP contribution in [0, 0.1) is 5.92 Å². The van der Waals surface area contributed by atoms with Crippen LogP contribution in [0.2, 0.25) is 5.02 Å². The van der Waals surface area contributed by atoms with E-state index in [1.165, 1.54) is 12.6 Å². The van der Waals surface area contributed by atoms with E-state index >= 15 is 0 Å². The monoisotopic (exact) mass is 316 g/mol. The van der Waals surface area contributed by atoms with Gasteiger partial charge in [-0.25, -0.2) is 4.98 Å². The normalized spacial score (nSPS) is 20.4. The number of halogens is 2. The summed E-state index contributed by atoms with van der Waals surface area (Å²) in [5.41, 5.74) is 0.477. The molecule has 0 aromatic carbocycles. The zero-order valence-electron chi connectivity index (χ0n) is 9.40. The van der Waals surface area contributed by atoms with Crippen molar-refractivity contribution in [2.45, 2.75) is 12.8 Å². The quantitative estimate of drug-likeness (QED) is 0.786. The molecule has 0 saturated carbocycles. The molecule has 1 fully saturated rings. The zero-order chi connectivity index (χ0) is 12.3. The Hall–Kier alpha value is -0.610. The average Bonchev–Trinajstić information content (AvgIpc) is 2.39. The molecule has 0 bridgehead atoms. The fraction of sp³-hybridized carbons (Fsp3) is 0.500. The number of nitrogens with zero attached hydrogens (tertiary/aromatic N) is 2. The molecule has 0 radical (unpaired) electrons. The highest BCUT2D eigenvalue weighted by molar-refractivity contribution is 9.09. The Morgan fingerprint density at radius 2 is 2.41 bits per heavy atom. The molecular formula is C12H14BrClN2O. The molecule has 1 saturated heterocycles. The highest BCUT2D eigenvalue weighted by Crippen LogP contribution is 2.20. The van der Waals surface area contributed by atoms with Crippen molar-refractivity contribution in [3.05, 3.63) is 29.0 Å². The van der Waals surface area contributed by atoms with E-state index in [-0.39, 0.29) is 5.91 Å².